The summed E-state index contributed by atoms with van der Waals surface area (Å²) in [6, 6.07) is 9.34. The van der Waals surface area contributed by atoms with Crippen LogP contribution in [0, 0.1) is 17.1 Å². The molecule has 0 bridgehead atoms. The molecule has 8 heteroatoms. The number of nitrogens with zero attached hydrogens (tertiary/aromatic N) is 1. The molecule has 1 amide bonds. The summed E-state index contributed by atoms with van der Waals surface area (Å²) in [7, 11) is 1.50. The quantitative estimate of drug-likeness (QED) is 0.281. The number of carbonyl (C=O) groups is 1. The molecule has 0 aliphatic heterocycles. The van der Waals surface area contributed by atoms with Gasteiger partial charge in [0.2, 0.25) is 6.41 Å². The Morgan fingerprint density at radius 3 is 2.26 bits per heavy atom. The van der Waals surface area contributed by atoms with Crippen molar-refractivity contribution in [2.24, 2.45) is 11.5 Å². The van der Waals surface area contributed by atoms with Crippen molar-refractivity contribution in [2.45, 2.75) is 61.7 Å². The van der Waals surface area contributed by atoms with Gasteiger partial charge in [0.1, 0.15) is 11.9 Å². The fourth-order valence-corrected chi connectivity index (χ4v) is 4.40. The summed E-state index contributed by atoms with van der Waals surface area (Å²) in [4.78, 5) is 10.3. The number of primary amides is 1. The van der Waals surface area contributed by atoms with Crippen molar-refractivity contribution < 1.29 is 14.3 Å². The van der Waals surface area contributed by atoms with Crippen molar-refractivity contribution in [1.82, 2.24) is 0 Å². The maximum atomic E-state index is 14.9. The Kier molecular flexibility index (Phi) is 13.9. The molecule has 31 heavy (non-hydrogen) atoms. The monoisotopic (exact) mass is 465 g/mol. The minimum Gasteiger partial charge on any atom is -0.392 e. The molecule has 2 aromatic rings. The van der Waals surface area contributed by atoms with Crippen LogP contribution in [-0.4, -0.2) is 18.6 Å². The number of rotatable bonds is 6. The zero-order chi connectivity index (χ0) is 24.1. The minimum absolute atomic E-state index is 0.0199. The van der Waals surface area contributed by atoms with E-state index in [1.54, 1.807) is 17.8 Å². The largest absolute Gasteiger partial charge is 0.392 e. The second kappa shape index (κ2) is 14.9. The summed E-state index contributed by atoms with van der Waals surface area (Å²) in [5.74, 6) is 0.347. The van der Waals surface area contributed by atoms with Gasteiger partial charge in [-0.1, -0.05) is 27.7 Å². The van der Waals surface area contributed by atoms with Crippen LogP contribution in [0.3, 0.4) is 0 Å². The Balaban J connectivity index is 0.00000165. The highest BCUT2D eigenvalue weighted by molar-refractivity contribution is 7.98. The fourth-order valence-electron chi connectivity index (χ4n) is 3.08. The zero-order valence-electron chi connectivity index (χ0n) is 18.6. The summed E-state index contributed by atoms with van der Waals surface area (Å²) in [6.45, 7) is 7.95. The Bertz CT molecular complexity index is 897. The summed E-state index contributed by atoms with van der Waals surface area (Å²) in [6.07, 6.45) is 0.250. The lowest BCUT2D eigenvalue weighted by Gasteiger charge is -2.21. The van der Waals surface area contributed by atoms with Crippen molar-refractivity contribution in [1.29, 1.82) is 5.26 Å². The van der Waals surface area contributed by atoms with Crippen LogP contribution >= 0.6 is 24.4 Å². The molecular weight excluding hydrogens is 433 g/mol. The smallest absolute Gasteiger partial charge is 0.204 e. The lowest BCUT2D eigenvalue weighted by Crippen LogP contribution is -2.08. The number of aliphatic hydroxyl groups is 1. The molecule has 0 saturated carbocycles. The topological polar surface area (TPSA) is 113 Å². The molecule has 0 radical (unpaired) electrons. The second-order valence-electron chi connectivity index (χ2n) is 7.02. The lowest BCUT2D eigenvalue weighted by atomic mass is 9.87. The van der Waals surface area contributed by atoms with Gasteiger partial charge in [0.05, 0.1) is 12.2 Å². The molecule has 170 valence electrons. The van der Waals surface area contributed by atoms with Gasteiger partial charge in [-0.15, -0.1) is 24.4 Å². The zero-order valence-corrected chi connectivity index (χ0v) is 20.4. The molecule has 2 rings (SSSR count). The number of hydrogen-bond donors (Lipinski definition) is 4. The van der Waals surface area contributed by atoms with Crippen LogP contribution < -0.4 is 11.5 Å². The highest BCUT2D eigenvalue weighted by atomic mass is 32.2. The molecule has 0 fully saturated rings. The number of aliphatic hydroxyl groups excluding tert-OH is 1. The lowest BCUT2D eigenvalue weighted by molar-refractivity contribution is -0.106. The van der Waals surface area contributed by atoms with E-state index < -0.39 is 5.82 Å². The summed E-state index contributed by atoms with van der Waals surface area (Å²) in [5.41, 5.74) is 12.2. The van der Waals surface area contributed by atoms with Gasteiger partial charge in [-0.3, -0.25) is 4.79 Å². The van der Waals surface area contributed by atoms with Crippen molar-refractivity contribution in [3.05, 3.63) is 57.9 Å². The molecular formula is C23H32FN3O2S2. The van der Waals surface area contributed by atoms with Crippen molar-refractivity contribution in [3.63, 3.8) is 0 Å². The van der Waals surface area contributed by atoms with Crippen molar-refractivity contribution >= 4 is 30.8 Å². The number of nitrogens with two attached hydrogens (primary N) is 2. The van der Waals surface area contributed by atoms with Gasteiger partial charge in [0.25, 0.3) is 0 Å². The van der Waals surface area contributed by atoms with Crippen LogP contribution in [0.5, 0.6) is 0 Å². The molecule has 0 aliphatic carbocycles. The molecule has 0 heterocycles. The number of nitriles is 1. The predicted octanol–water partition coefficient (Wildman–Crippen LogP) is 4.69. The number of benzene rings is 2. The Hall–Kier alpha value is -2.05. The third-order valence-electron chi connectivity index (χ3n) is 4.35. The van der Waals surface area contributed by atoms with Crippen LogP contribution in [0.2, 0.25) is 0 Å². The Labute approximate surface area is 194 Å². The molecule has 0 unspecified atom stereocenters. The second-order valence-corrected chi connectivity index (χ2v) is 8.55. The minimum atomic E-state index is -0.407. The first-order valence-corrected chi connectivity index (χ1v) is 11.2. The average molecular weight is 466 g/mol. The number of hydrogen-bond acceptors (Lipinski definition) is 6. The summed E-state index contributed by atoms with van der Waals surface area (Å²) >= 11 is 5.89. The molecule has 0 aromatic heterocycles. The molecule has 2 aromatic carbocycles. The van der Waals surface area contributed by atoms with E-state index in [-0.39, 0.29) is 30.4 Å². The first-order chi connectivity index (χ1) is 14.7. The number of halogens is 1. The van der Waals surface area contributed by atoms with Gasteiger partial charge < -0.3 is 16.6 Å². The Morgan fingerprint density at radius 2 is 1.81 bits per heavy atom. The van der Waals surface area contributed by atoms with E-state index in [0.29, 0.717) is 11.3 Å². The van der Waals surface area contributed by atoms with E-state index in [0.717, 1.165) is 26.5 Å². The van der Waals surface area contributed by atoms with Gasteiger partial charge in [-0.2, -0.15) is 5.26 Å². The first-order valence-electron chi connectivity index (χ1n) is 9.75. The van der Waals surface area contributed by atoms with Crippen molar-refractivity contribution in [3.8, 4) is 6.07 Å². The summed E-state index contributed by atoms with van der Waals surface area (Å²) in [5, 5.41) is 18.9. The average Bonchev–Trinajstić information content (AvgIpc) is 2.74. The number of thiol groups is 1. The van der Waals surface area contributed by atoms with Crippen LogP contribution in [0.1, 0.15) is 67.3 Å². The van der Waals surface area contributed by atoms with E-state index in [1.807, 2.05) is 38.1 Å². The maximum absolute atomic E-state index is 14.9. The number of amides is 1. The van der Waals surface area contributed by atoms with Gasteiger partial charge in [-0.25, -0.2) is 4.39 Å². The van der Waals surface area contributed by atoms with E-state index in [4.69, 9.17) is 4.79 Å². The Morgan fingerprint density at radius 1 is 1.23 bits per heavy atom. The highest BCUT2D eigenvalue weighted by Gasteiger charge is 2.22. The molecule has 5 N–H and O–H groups in total. The van der Waals surface area contributed by atoms with E-state index in [2.05, 4.69) is 37.9 Å². The molecule has 0 spiro atoms. The van der Waals surface area contributed by atoms with Gasteiger partial charge in [0.15, 0.2) is 0 Å². The number of carbonyl (C=O) groups excluding carboxylic acids is 1. The summed E-state index contributed by atoms with van der Waals surface area (Å²) < 4.78 is 14.9. The highest BCUT2D eigenvalue weighted by Crippen LogP contribution is 2.37. The normalized spacial score (nSPS) is 10.0. The van der Waals surface area contributed by atoms with Crippen LogP contribution in [0.25, 0.3) is 0 Å². The predicted molar refractivity (Wildman–Crippen MR) is 129 cm³/mol. The SMILES string of the molecule is CC(C)c1cc(C#N)c(F)c(C(C)C)c1CSc1ccc(S)cc1CO.CN.NC=O. The van der Waals surface area contributed by atoms with E-state index >= 15 is 0 Å². The number of thioether (sulfide) groups is 1. The maximum Gasteiger partial charge on any atom is 0.204 e. The van der Waals surface area contributed by atoms with Crippen LogP contribution in [-0.2, 0) is 17.2 Å². The van der Waals surface area contributed by atoms with Gasteiger partial charge in [0, 0.05) is 15.5 Å². The standard InChI is InChI=1S/C21H24FNOS2.CH3NO.CH5N/c1-12(2)17-8-14(9-23)21(22)20(13(3)4)18(17)11-26-19-6-5-16(25)7-15(19)10-24;2-1-3;1-2/h5-8,12-13,24-25H,10-11H2,1-4H3;1H,(H2,2,3);2H2,1H3. The molecule has 0 saturated heterocycles. The van der Waals surface area contributed by atoms with Crippen LogP contribution in [0.4, 0.5) is 4.39 Å². The third-order valence-corrected chi connectivity index (χ3v) is 5.77. The van der Waals surface area contributed by atoms with Crippen LogP contribution in [0.15, 0.2) is 34.1 Å². The first kappa shape index (κ1) is 28.9. The van der Waals surface area contributed by atoms with Gasteiger partial charge in [-0.05, 0) is 65.4 Å². The molecule has 0 atom stereocenters. The third kappa shape index (κ3) is 8.19. The van der Waals surface area contributed by atoms with E-state index in [1.165, 1.54) is 7.05 Å². The fraction of sp³-hybridized carbons (Fsp3) is 0.391. The molecule has 0 aliphatic rings. The van der Waals surface area contributed by atoms with Gasteiger partial charge >= 0.3 is 0 Å². The van der Waals surface area contributed by atoms with E-state index in [9.17, 15) is 14.8 Å². The van der Waals surface area contributed by atoms with Crippen molar-refractivity contribution in [2.75, 3.05) is 7.05 Å². The molecule has 5 nitrogen and oxygen atoms in total.